The van der Waals surface area contributed by atoms with E-state index in [1.165, 1.54) is 12.0 Å². The van der Waals surface area contributed by atoms with Gasteiger partial charge in [-0.1, -0.05) is 0 Å². The maximum absolute atomic E-state index is 10.9. The molecule has 1 rings (SSSR count). The number of hydrogen-bond acceptors (Lipinski definition) is 5. The summed E-state index contributed by atoms with van der Waals surface area (Å²) in [4.78, 5) is 23.2. The summed E-state index contributed by atoms with van der Waals surface area (Å²) < 4.78 is 9.07. The van der Waals surface area contributed by atoms with E-state index in [4.69, 9.17) is 5.73 Å². The van der Waals surface area contributed by atoms with Gasteiger partial charge in [0.25, 0.3) is 0 Å². The van der Waals surface area contributed by atoms with Crippen LogP contribution in [0, 0.1) is 0 Å². The highest BCUT2D eigenvalue weighted by Gasteiger charge is 2.26. The second-order valence-electron chi connectivity index (χ2n) is 2.69. The zero-order chi connectivity index (χ0) is 9.84. The van der Waals surface area contributed by atoms with E-state index >= 15 is 0 Å². The molecule has 6 heteroatoms. The summed E-state index contributed by atoms with van der Waals surface area (Å²) in [7, 11) is 1.25. The molecule has 1 saturated heterocycles. The predicted molar refractivity (Wildman–Crippen MR) is 42.9 cm³/mol. The van der Waals surface area contributed by atoms with Crippen LogP contribution in [0.2, 0.25) is 0 Å². The Morgan fingerprint density at radius 1 is 1.85 bits per heavy atom. The monoisotopic (exact) mass is 188 g/mol. The summed E-state index contributed by atoms with van der Waals surface area (Å²) in [6.07, 6.45) is -0.431. The minimum atomic E-state index is -0.796. The van der Waals surface area contributed by atoms with Crippen molar-refractivity contribution in [2.75, 3.05) is 26.8 Å². The van der Waals surface area contributed by atoms with Crippen LogP contribution in [0.25, 0.3) is 0 Å². The molecule has 1 unspecified atom stereocenters. The van der Waals surface area contributed by atoms with Gasteiger partial charge in [0, 0.05) is 0 Å². The molecule has 0 aromatic carbocycles. The fraction of sp³-hybridized carbons (Fsp3) is 0.714. The van der Waals surface area contributed by atoms with Gasteiger partial charge >= 0.3 is 12.1 Å². The van der Waals surface area contributed by atoms with Gasteiger partial charge in [0.1, 0.15) is 12.6 Å². The number of carbonyl (C=O) groups excluding carboxylic acids is 2. The second-order valence-corrected chi connectivity index (χ2v) is 2.69. The van der Waals surface area contributed by atoms with E-state index in [1.807, 2.05) is 0 Å². The van der Waals surface area contributed by atoms with Gasteiger partial charge in [-0.3, -0.25) is 4.79 Å². The average molecular weight is 188 g/mol. The van der Waals surface area contributed by atoms with Crippen LogP contribution >= 0.6 is 0 Å². The topological polar surface area (TPSA) is 81.9 Å². The van der Waals surface area contributed by atoms with Crippen LogP contribution in [-0.4, -0.2) is 49.8 Å². The van der Waals surface area contributed by atoms with Crippen molar-refractivity contribution in [2.45, 2.75) is 6.04 Å². The van der Waals surface area contributed by atoms with E-state index in [1.54, 1.807) is 0 Å². The van der Waals surface area contributed by atoms with Gasteiger partial charge < -0.3 is 20.1 Å². The third-order valence-corrected chi connectivity index (χ3v) is 1.77. The van der Waals surface area contributed by atoms with Gasteiger partial charge in [0.2, 0.25) is 0 Å². The third-order valence-electron chi connectivity index (χ3n) is 1.77. The Balaban J connectivity index is 2.39. The zero-order valence-electron chi connectivity index (χ0n) is 7.36. The van der Waals surface area contributed by atoms with Crippen LogP contribution in [0.3, 0.4) is 0 Å². The Bertz CT molecular complexity index is 219. The molecular weight excluding hydrogens is 176 g/mol. The van der Waals surface area contributed by atoms with Gasteiger partial charge in [-0.05, 0) is 0 Å². The molecule has 6 nitrogen and oxygen atoms in total. The summed E-state index contributed by atoms with van der Waals surface area (Å²) in [5.41, 5.74) is 5.45. The van der Waals surface area contributed by atoms with Crippen LogP contribution in [0.1, 0.15) is 0 Å². The fourth-order valence-corrected chi connectivity index (χ4v) is 1.05. The first-order valence-electron chi connectivity index (χ1n) is 3.90. The van der Waals surface area contributed by atoms with Gasteiger partial charge in [-0.15, -0.1) is 0 Å². The summed E-state index contributed by atoms with van der Waals surface area (Å²) in [5, 5.41) is 0. The number of rotatable bonds is 3. The molecular formula is C7H12N2O4. The summed E-state index contributed by atoms with van der Waals surface area (Å²) in [6.45, 7) is 0.974. The van der Waals surface area contributed by atoms with Crippen molar-refractivity contribution in [3.8, 4) is 0 Å². The highest BCUT2D eigenvalue weighted by Crippen LogP contribution is 2.03. The standard InChI is InChI=1S/C7H12N2O4/c1-12-6(10)5(8)4-9-2-3-13-7(9)11/h5H,2-4,8H2,1H3. The minimum absolute atomic E-state index is 0.144. The molecule has 0 radical (unpaired) electrons. The zero-order valence-corrected chi connectivity index (χ0v) is 7.36. The van der Waals surface area contributed by atoms with E-state index in [9.17, 15) is 9.59 Å². The minimum Gasteiger partial charge on any atom is -0.468 e. The van der Waals surface area contributed by atoms with Crippen LogP contribution in [0.4, 0.5) is 4.79 Å². The van der Waals surface area contributed by atoms with Crippen molar-refractivity contribution in [3.63, 3.8) is 0 Å². The van der Waals surface area contributed by atoms with Crippen molar-refractivity contribution in [3.05, 3.63) is 0 Å². The smallest absolute Gasteiger partial charge is 0.410 e. The normalized spacial score (nSPS) is 18.3. The van der Waals surface area contributed by atoms with Gasteiger partial charge in [0.15, 0.2) is 0 Å². The Morgan fingerprint density at radius 3 is 3.00 bits per heavy atom. The maximum Gasteiger partial charge on any atom is 0.410 e. The highest BCUT2D eigenvalue weighted by molar-refractivity contribution is 5.77. The van der Waals surface area contributed by atoms with E-state index < -0.39 is 18.1 Å². The highest BCUT2D eigenvalue weighted by atomic mass is 16.6. The first-order valence-corrected chi connectivity index (χ1v) is 3.90. The largest absolute Gasteiger partial charge is 0.468 e. The lowest BCUT2D eigenvalue weighted by molar-refractivity contribution is -0.142. The van der Waals surface area contributed by atoms with E-state index in [-0.39, 0.29) is 6.54 Å². The molecule has 2 N–H and O–H groups in total. The number of ether oxygens (including phenoxy) is 2. The Labute approximate surface area is 75.6 Å². The Hall–Kier alpha value is -1.30. The van der Waals surface area contributed by atoms with Gasteiger partial charge in [0.05, 0.1) is 20.2 Å². The molecule has 0 aliphatic carbocycles. The van der Waals surface area contributed by atoms with E-state index in [0.29, 0.717) is 13.2 Å². The molecule has 0 aromatic rings. The first kappa shape index (κ1) is 9.79. The van der Waals surface area contributed by atoms with Crippen LogP contribution in [0.15, 0.2) is 0 Å². The number of cyclic esters (lactones) is 1. The second kappa shape index (κ2) is 4.08. The summed E-state index contributed by atoms with van der Waals surface area (Å²) in [5.74, 6) is -0.528. The van der Waals surface area contributed by atoms with Crippen LogP contribution < -0.4 is 5.73 Å². The third kappa shape index (κ3) is 2.32. The molecule has 1 aliphatic heterocycles. The number of amides is 1. The number of nitrogens with zero attached hydrogens (tertiary/aromatic N) is 1. The van der Waals surface area contributed by atoms with Gasteiger partial charge in [-0.2, -0.15) is 0 Å². The molecule has 0 aromatic heterocycles. The van der Waals surface area contributed by atoms with Crippen molar-refractivity contribution in [1.29, 1.82) is 0 Å². The number of nitrogens with two attached hydrogens (primary N) is 1. The molecule has 74 valence electrons. The molecule has 0 spiro atoms. The van der Waals surface area contributed by atoms with Crippen molar-refractivity contribution >= 4 is 12.1 Å². The average Bonchev–Trinajstić information content (AvgIpc) is 2.50. The molecule has 1 atom stereocenters. The van der Waals surface area contributed by atoms with E-state index in [0.717, 1.165) is 0 Å². The maximum atomic E-state index is 10.9. The van der Waals surface area contributed by atoms with Crippen molar-refractivity contribution < 1.29 is 19.1 Å². The Kier molecular flexibility index (Phi) is 3.07. The quantitative estimate of drug-likeness (QED) is 0.571. The Morgan fingerprint density at radius 2 is 2.54 bits per heavy atom. The van der Waals surface area contributed by atoms with E-state index in [2.05, 4.69) is 9.47 Å². The lowest BCUT2D eigenvalue weighted by atomic mass is 10.3. The molecule has 0 bridgehead atoms. The molecule has 1 fully saturated rings. The number of hydrogen-bond donors (Lipinski definition) is 1. The summed E-state index contributed by atoms with van der Waals surface area (Å²) >= 11 is 0. The van der Waals surface area contributed by atoms with Crippen LogP contribution in [-0.2, 0) is 14.3 Å². The van der Waals surface area contributed by atoms with Crippen molar-refractivity contribution in [1.82, 2.24) is 4.90 Å². The number of carbonyl (C=O) groups is 2. The number of methoxy groups -OCH3 is 1. The molecule has 1 amide bonds. The van der Waals surface area contributed by atoms with Crippen molar-refractivity contribution in [2.24, 2.45) is 5.73 Å². The molecule has 13 heavy (non-hydrogen) atoms. The molecule has 0 saturated carbocycles. The molecule has 1 heterocycles. The van der Waals surface area contributed by atoms with Gasteiger partial charge in [-0.25, -0.2) is 4.79 Å². The SMILES string of the molecule is COC(=O)C(N)CN1CCOC1=O. The lowest BCUT2D eigenvalue weighted by Gasteiger charge is -2.16. The predicted octanol–water partition coefficient (Wildman–Crippen LogP) is -1.06. The number of esters is 1. The fourth-order valence-electron chi connectivity index (χ4n) is 1.05. The molecule has 1 aliphatic rings. The summed E-state index contributed by atoms with van der Waals surface area (Å²) in [6, 6.07) is -0.796. The van der Waals surface area contributed by atoms with Crippen LogP contribution in [0.5, 0.6) is 0 Å². The lowest BCUT2D eigenvalue weighted by Crippen LogP contribution is -2.43. The first-order chi connectivity index (χ1) is 6.15.